The lowest BCUT2D eigenvalue weighted by atomic mass is 9.75. The van der Waals surface area contributed by atoms with Gasteiger partial charge in [-0.3, -0.25) is 4.79 Å². The number of hydrogen-bond acceptors (Lipinski definition) is 2. The molecular weight excluding hydrogens is 272 g/mol. The summed E-state index contributed by atoms with van der Waals surface area (Å²) in [5.41, 5.74) is 2.05. The van der Waals surface area contributed by atoms with Crippen molar-refractivity contribution in [2.75, 3.05) is 0 Å². The first-order valence-corrected chi connectivity index (χ1v) is 8.75. The minimum atomic E-state index is -0.0289. The van der Waals surface area contributed by atoms with Crippen LogP contribution in [0.25, 0.3) is 0 Å². The van der Waals surface area contributed by atoms with E-state index in [4.69, 9.17) is 0 Å². The molecule has 0 amide bonds. The normalized spacial score (nSPS) is 32.1. The molecule has 4 unspecified atom stereocenters. The summed E-state index contributed by atoms with van der Waals surface area (Å²) >= 11 is 0. The molecule has 126 valence electrons. The fourth-order valence-electron chi connectivity index (χ4n) is 3.43. The first-order chi connectivity index (χ1) is 10.2. The van der Waals surface area contributed by atoms with Crippen molar-refractivity contribution in [2.45, 2.75) is 72.8 Å². The maximum Gasteiger partial charge on any atom is 0.158 e. The predicted molar refractivity (Wildman–Crippen MR) is 93.7 cm³/mol. The molecule has 1 saturated carbocycles. The van der Waals surface area contributed by atoms with Crippen molar-refractivity contribution >= 4 is 5.78 Å². The molecule has 0 radical (unpaired) electrons. The van der Waals surface area contributed by atoms with E-state index in [9.17, 15) is 9.90 Å². The largest absolute Gasteiger partial charge is 0.393 e. The molecule has 0 heterocycles. The molecule has 0 spiro atoms. The second-order valence-corrected chi connectivity index (χ2v) is 7.69. The van der Waals surface area contributed by atoms with Crippen molar-refractivity contribution in [3.8, 4) is 0 Å². The Labute approximate surface area is 136 Å². The van der Waals surface area contributed by atoms with Crippen molar-refractivity contribution in [3.05, 3.63) is 23.8 Å². The fourth-order valence-corrected chi connectivity index (χ4v) is 3.43. The molecule has 2 aliphatic rings. The molecule has 1 N–H and O–H groups in total. The summed E-state index contributed by atoms with van der Waals surface area (Å²) in [6.45, 7) is 14.4. The molecule has 2 aliphatic carbocycles. The minimum Gasteiger partial charge on any atom is -0.393 e. The van der Waals surface area contributed by atoms with E-state index in [1.165, 1.54) is 12.8 Å². The molecule has 1 fully saturated rings. The predicted octanol–water partition coefficient (Wildman–Crippen LogP) is 4.93. The van der Waals surface area contributed by atoms with Crippen LogP contribution in [0.4, 0.5) is 0 Å². The van der Waals surface area contributed by atoms with Crippen LogP contribution in [0.1, 0.15) is 66.7 Å². The van der Waals surface area contributed by atoms with E-state index in [-0.39, 0.29) is 11.9 Å². The molecule has 2 heteroatoms. The van der Waals surface area contributed by atoms with Crippen LogP contribution >= 0.6 is 0 Å². The Kier molecular flexibility index (Phi) is 7.55. The summed E-state index contributed by atoms with van der Waals surface area (Å²) in [5.74, 6) is 2.62. The number of ketones is 1. The molecule has 2 nitrogen and oxygen atoms in total. The molecule has 0 aromatic rings. The van der Waals surface area contributed by atoms with Gasteiger partial charge >= 0.3 is 0 Å². The third-order valence-corrected chi connectivity index (χ3v) is 5.26. The van der Waals surface area contributed by atoms with E-state index in [0.717, 1.165) is 29.9 Å². The van der Waals surface area contributed by atoms with Crippen LogP contribution in [0.3, 0.4) is 0 Å². The molecule has 0 aliphatic heterocycles. The number of aliphatic hydroxyl groups is 1. The number of carbonyl (C=O) groups excluding carboxylic acids is 1. The number of Topliss-reactive ketones (excluding diaryl/α,β-unsaturated/α-hetero) is 1. The van der Waals surface area contributed by atoms with Crippen LogP contribution in [0.2, 0.25) is 0 Å². The summed E-state index contributed by atoms with van der Waals surface area (Å²) in [5, 5.41) is 9.71. The lowest BCUT2D eigenvalue weighted by Gasteiger charge is -2.33. The number of rotatable bonds is 2. The van der Waals surface area contributed by atoms with Gasteiger partial charge in [0.15, 0.2) is 5.78 Å². The van der Waals surface area contributed by atoms with Crippen LogP contribution < -0.4 is 0 Å². The highest BCUT2D eigenvalue weighted by atomic mass is 16.3. The first-order valence-electron chi connectivity index (χ1n) is 8.75. The van der Waals surface area contributed by atoms with Crippen molar-refractivity contribution in [1.29, 1.82) is 0 Å². The Hall–Kier alpha value is -0.890. The summed E-state index contributed by atoms with van der Waals surface area (Å²) in [6.07, 6.45) is 7.19. The zero-order chi connectivity index (χ0) is 16.9. The third-order valence-electron chi connectivity index (χ3n) is 5.26. The van der Waals surface area contributed by atoms with Gasteiger partial charge in [-0.2, -0.15) is 0 Å². The maximum atomic E-state index is 11.2. The van der Waals surface area contributed by atoms with E-state index in [2.05, 4.69) is 27.4 Å². The molecule has 2 rings (SSSR count). The molecule has 0 aromatic carbocycles. The second kappa shape index (κ2) is 8.67. The van der Waals surface area contributed by atoms with Gasteiger partial charge in [0.25, 0.3) is 0 Å². The minimum absolute atomic E-state index is 0.0289. The average Bonchev–Trinajstić information content (AvgIpc) is 2.41. The summed E-state index contributed by atoms with van der Waals surface area (Å²) in [4.78, 5) is 11.2. The van der Waals surface area contributed by atoms with Gasteiger partial charge in [-0.1, -0.05) is 45.4 Å². The Morgan fingerprint density at radius 3 is 2.45 bits per heavy atom. The van der Waals surface area contributed by atoms with Crippen molar-refractivity contribution in [1.82, 2.24) is 0 Å². The standard InChI is InChI=1S/C10H14O.C10H20O/c1-7(2)9-5-4-8(3)10(11)6-9;1-7(2)9-5-4-8(3)6-10(9)11/h4,9H,1,5-6H2,2-3H3;7-11H,4-6H2,1-3H3. The molecule has 22 heavy (non-hydrogen) atoms. The number of carbonyl (C=O) groups is 1. The molecule has 0 bridgehead atoms. The number of hydrogen-bond donors (Lipinski definition) is 1. The maximum absolute atomic E-state index is 11.2. The SMILES string of the molecule is C=C(C)C1CC=C(C)C(=O)C1.CC1CCC(C(C)C)C(O)C1. The van der Waals surface area contributed by atoms with Crippen molar-refractivity contribution in [2.24, 2.45) is 23.7 Å². The monoisotopic (exact) mass is 306 g/mol. The smallest absolute Gasteiger partial charge is 0.158 e. The summed E-state index contributed by atoms with van der Waals surface area (Å²) in [6, 6.07) is 0. The van der Waals surface area contributed by atoms with Gasteiger partial charge in [0.05, 0.1) is 6.10 Å². The topological polar surface area (TPSA) is 37.3 Å². The van der Waals surface area contributed by atoms with Gasteiger partial charge < -0.3 is 5.11 Å². The van der Waals surface area contributed by atoms with E-state index < -0.39 is 0 Å². The Morgan fingerprint density at radius 2 is 2.00 bits per heavy atom. The van der Waals surface area contributed by atoms with Crippen molar-refractivity contribution < 1.29 is 9.90 Å². The Balaban J connectivity index is 0.000000220. The van der Waals surface area contributed by atoms with Gasteiger partial charge in [-0.15, -0.1) is 0 Å². The summed E-state index contributed by atoms with van der Waals surface area (Å²) < 4.78 is 0. The second-order valence-electron chi connectivity index (χ2n) is 7.69. The zero-order valence-corrected chi connectivity index (χ0v) is 15.1. The van der Waals surface area contributed by atoms with Gasteiger partial charge in [0.2, 0.25) is 0 Å². The number of aliphatic hydroxyl groups excluding tert-OH is 1. The molecule has 0 saturated heterocycles. The number of allylic oxidation sites excluding steroid dienone is 3. The Bertz CT molecular complexity index is 419. The van der Waals surface area contributed by atoms with Crippen LogP contribution in [-0.4, -0.2) is 17.0 Å². The highest BCUT2D eigenvalue weighted by Gasteiger charge is 2.28. The van der Waals surface area contributed by atoms with Gasteiger partial charge in [-0.05, 0) is 62.4 Å². The first kappa shape index (κ1) is 19.2. The van der Waals surface area contributed by atoms with Gasteiger partial charge in [0.1, 0.15) is 0 Å². The fraction of sp³-hybridized carbons (Fsp3) is 0.750. The van der Waals surface area contributed by atoms with Crippen LogP contribution in [-0.2, 0) is 4.79 Å². The van der Waals surface area contributed by atoms with Crippen LogP contribution in [0.5, 0.6) is 0 Å². The van der Waals surface area contributed by atoms with Crippen LogP contribution in [0.15, 0.2) is 23.8 Å². The van der Waals surface area contributed by atoms with E-state index in [1.807, 2.05) is 19.9 Å². The zero-order valence-electron chi connectivity index (χ0n) is 15.1. The molecular formula is C20H34O2. The van der Waals surface area contributed by atoms with Gasteiger partial charge in [-0.25, -0.2) is 0 Å². The van der Waals surface area contributed by atoms with E-state index in [1.54, 1.807) is 0 Å². The average molecular weight is 306 g/mol. The van der Waals surface area contributed by atoms with Gasteiger partial charge in [0, 0.05) is 6.42 Å². The van der Waals surface area contributed by atoms with E-state index >= 15 is 0 Å². The van der Waals surface area contributed by atoms with Crippen molar-refractivity contribution in [3.63, 3.8) is 0 Å². The van der Waals surface area contributed by atoms with E-state index in [0.29, 0.717) is 24.2 Å². The molecule has 4 atom stereocenters. The van der Waals surface area contributed by atoms with Crippen LogP contribution in [0, 0.1) is 23.7 Å². The summed E-state index contributed by atoms with van der Waals surface area (Å²) in [7, 11) is 0. The highest BCUT2D eigenvalue weighted by Crippen LogP contribution is 2.33. The highest BCUT2D eigenvalue weighted by molar-refractivity contribution is 5.95. The lowest BCUT2D eigenvalue weighted by Crippen LogP contribution is -2.31. The third kappa shape index (κ3) is 5.72. The Morgan fingerprint density at radius 1 is 1.36 bits per heavy atom. The quantitative estimate of drug-likeness (QED) is 0.735. The lowest BCUT2D eigenvalue weighted by molar-refractivity contribution is -0.116. The molecule has 0 aromatic heterocycles.